The van der Waals surface area contributed by atoms with E-state index in [1.54, 1.807) is 0 Å². The number of rotatable bonds is 6. The molecule has 4 heteroatoms. The molecule has 0 saturated heterocycles. The third kappa shape index (κ3) is 4.97. The topological polar surface area (TPSA) is 38.7 Å². The summed E-state index contributed by atoms with van der Waals surface area (Å²) in [5, 5.41) is 0. The highest BCUT2D eigenvalue weighted by Gasteiger charge is 2.41. The number of fused-ring (bicyclic) bond motifs is 3. The Morgan fingerprint density at radius 1 is 0.286 bits per heavy atom. The SMILES string of the molecule is c1ccc(-c2ccc(-c3nc(-c4ccccc4)nc(-c4ccc5c(c4)-c4ccccc4S5(c4ccccc4)c4ccccc4)n3)cc2)cc1. The van der Waals surface area contributed by atoms with Gasteiger partial charge in [-0.3, -0.25) is 0 Å². The molecule has 49 heavy (non-hydrogen) atoms. The first-order chi connectivity index (χ1) is 24.3. The molecular formula is C45H31N3S. The Morgan fingerprint density at radius 2 is 0.673 bits per heavy atom. The van der Waals surface area contributed by atoms with E-state index in [1.807, 2.05) is 24.3 Å². The quantitative estimate of drug-likeness (QED) is 0.181. The van der Waals surface area contributed by atoms with E-state index in [1.165, 1.54) is 36.3 Å². The Bertz CT molecular complexity index is 2370. The first-order valence-electron chi connectivity index (χ1n) is 16.4. The van der Waals surface area contributed by atoms with E-state index >= 15 is 0 Å². The average Bonchev–Trinajstić information content (AvgIpc) is 3.49. The molecule has 0 saturated carbocycles. The lowest BCUT2D eigenvalue weighted by molar-refractivity contribution is 1.07. The third-order valence-corrected chi connectivity index (χ3v) is 13.2. The summed E-state index contributed by atoms with van der Waals surface area (Å²) in [6.45, 7) is 0. The van der Waals surface area contributed by atoms with Gasteiger partial charge in [0.15, 0.2) is 17.5 Å². The van der Waals surface area contributed by atoms with Gasteiger partial charge in [0.25, 0.3) is 0 Å². The molecule has 3 nitrogen and oxygen atoms in total. The number of benzene rings is 7. The van der Waals surface area contributed by atoms with E-state index in [2.05, 4.69) is 164 Å². The van der Waals surface area contributed by atoms with Crippen molar-refractivity contribution >= 4 is 10.0 Å². The van der Waals surface area contributed by atoms with Crippen LogP contribution >= 0.6 is 10.0 Å². The summed E-state index contributed by atoms with van der Waals surface area (Å²) < 4.78 is 0. The maximum atomic E-state index is 5.12. The van der Waals surface area contributed by atoms with E-state index in [4.69, 9.17) is 15.0 Å². The summed E-state index contributed by atoms with van der Waals surface area (Å²) in [7, 11) is -1.72. The first-order valence-corrected chi connectivity index (χ1v) is 18.1. The van der Waals surface area contributed by atoms with Crippen LogP contribution in [0.4, 0.5) is 0 Å². The summed E-state index contributed by atoms with van der Waals surface area (Å²) in [4.78, 5) is 20.5. The molecule has 1 aliphatic heterocycles. The van der Waals surface area contributed by atoms with Crippen LogP contribution in [0.5, 0.6) is 0 Å². The zero-order valence-corrected chi connectivity index (χ0v) is 27.5. The van der Waals surface area contributed by atoms with Crippen molar-refractivity contribution in [3.05, 3.63) is 188 Å². The van der Waals surface area contributed by atoms with Crippen LogP contribution in [0.15, 0.2) is 208 Å². The molecule has 0 amide bonds. The van der Waals surface area contributed by atoms with Crippen molar-refractivity contribution in [1.29, 1.82) is 0 Å². The minimum Gasteiger partial charge on any atom is -0.208 e. The van der Waals surface area contributed by atoms with Crippen LogP contribution in [0, 0.1) is 0 Å². The van der Waals surface area contributed by atoms with Crippen LogP contribution in [-0.4, -0.2) is 15.0 Å². The van der Waals surface area contributed by atoms with Gasteiger partial charge in [0, 0.05) is 36.3 Å². The second-order valence-electron chi connectivity index (χ2n) is 12.1. The van der Waals surface area contributed by atoms with Crippen molar-refractivity contribution in [1.82, 2.24) is 15.0 Å². The van der Waals surface area contributed by atoms with E-state index in [0.717, 1.165) is 22.3 Å². The van der Waals surface area contributed by atoms with Crippen molar-refractivity contribution in [2.24, 2.45) is 0 Å². The fourth-order valence-corrected chi connectivity index (χ4v) is 11.1. The third-order valence-electron chi connectivity index (χ3n) is 9.19. The maximum Gasteiger partial charge on any atom is 0.164 e. The summed E-state index contributed by atoms with van der Waals surface area (Å²) in [5.41, 5.74) is 7.69. The van der Waals surface area contributed by atoms with Crippen LogP contribution < -0.4 is 0 Å². The molecule has 2 heterocycles. The minimum atomic E-state index is -1.72. The van der Waals surface area contributed by atoms with Crippen molar-refractivity contribution in [3.8, 4) is 56.4 Å². The van der Waals surface area contributed by atoms with E-state index in [9.17, 15) is 0 Å². The number of aromatic nitrogens is 3. The molecule has 0 atom stereocenters. The lowest BCUT2D eigenvalue weighted by Gasteiger charge is -2.39. The molecule has 8 aromatic rings. The fourth-order valence-electron chi connectivity index (χ4n) is 6.91. The van der Waals surface area contributed by atoms with Gasteiger partial charge in [-0.2, -0.15) is 0 Å². The average molecular weight is 646 g/mol. The maximum absolute atomic E-state index is 5.12. The minimum absolute atomic E-state index is 0.651. The molecule has 0 bridgehead atoms. The number of hydrogen-bond donors (Lipinski definition) is 0. The molecule has 1 aromatic heterocycles. The molecule has 1 aliphatic rings. The predicted molar refractivity (Wildman–Crippen MR) is 201 cm³/mol. The lowest BCUT2D eigenvalue weighted by atomic mass is 10.0. The smallest absolute Gasteiger partial charge is 0.164 e. The molecule has 232 valence electrons. The molecule has 0 spiro atoms. The second-order valence-corrected chi connectivity index (χ2v) is 15.1. The Morgan fingerprint density at radius 3 is 1.27 bits per heavy atom. The van der Waals surface area contributed by atoms with Gasteiger partial charge in [-0.1, -0.05) is 146 Å². The highest BCUT2D eigenvalue weighted by atomic mass is 32.3. The number of nitrogens with zero attached hydrogens (tertiary/aromatic N) is 3. The van der Waals surface area contributed by atoms with Gasteiger partial charge in [-0.15, -0.1) is 10.0 Å². The van der Waals surface area contributed by atoms with Crippen molar-refractivity contribution in [2.45, 2.75) is 19.6 Å². The van der Waals surface area contributed by atoms with Gasteiger partial charge in [-0.05, 0) is 64.7 Å². The van der Waals surface area contributed by atoms with E-state index < -0.39 is 10.0 Å². The van der Waals surface area contributed by atoms with Crippen molar-refractivity contribution < 1.29 is 0 Å². The van der Waals surface area contributed by atoms with Gasteiger partial charge in [0.05, 0.1) is 0 Å². The Labute approximate surface area is 288 Å². The van der Waals surface area contributed by atoms with Gasteiger partial charge in [-0.25, -0.2) is 15.0 Å². The summed E-state index contributed by atoms with van der Waals surface area (Å²) in [6, 6.07) is 66.8. The molecule has 0 radical (unpaired) electrons. The van der Waals surface area contributed by atoms with Crippen LogP contribution in [0.2, 0.25) is 0 Å². The van der Waals surface area contributed by atoms with Gasteiger partial charge in [0.1, 0.15) is 0 Å². The highest BCUT2D eigenvalue weighted by molar-refractivity contribution is 8.34. The molecule has 0 unspecified atom stereocenters. The van der Waals surface area contributed by atoms with Gasteiger partial charge in [0.2, 0.25) is 0 Å². The van der Waals surface area contributed by atoms with Crippen LogP contribution in [0.3, 0.4) is 0 Å². The highest BCUT2D eigenvalue weighted by Crippen LogP contribution is 2.80. The summed E-state index contributed by atoms with van der Waals surface area (Å²) in [6.07, 6.45) is 0. The van der Waals surface area contributed by atoms with Gasteiger partial charge >= 0.3 is 0 Å². The van der Waals surface area contributed by atoms with Crippen LogP contribution in [-0.2, 0) is 0 Å². The van der Waals surface area contributed by atoms with Crippen molar-refractivity contribution in [2.75, 3.05) is 0 Å². The Hall–Kier alpha value is -6.10. The largest absolute Gasteiger partial charge is 0.208 e. The zero-order valence-electron chi connectivity index (χ0n) is 26.6. The van der Waals surface area contributed by atoms with Crippen LogP contribution in [0.1, 0.15) is 0 Å². The zero-order chi connectivity index (χ0) is 32.6. The van der Waals surface area contributed by atoms with Gasteiger partial charge < -0.3 is 0 Å². The monoisotopic (exact) mass is 645 g/mol. The Kier molecular flexibility index (Phi) is 7.22. The molecule has 0 aliphatic carbocycles. The summed E-state index contributed by atoms with van der Waals surface area (Å²) in [5.74, 6) is 1.96. The van der Waals surface area contributed by atoms with E-state index in [0.29, 0.717) is 17.5 Å². The molecule has 0 N–H and O–H groups in total. The fraction of sp³-hybridized carbons (Fsp3) is 0. The lowest BCUT2D eigenvalue weighted by Crippen LogP contribution is -2.02. The Balaban J connectivity index is 1.23. The first kappa shape index (κ1) is 29.1. The summed E-state index contributed by atoms with van der Waals surface area (Å²) >= 11 is 0. The second kappa shape index (κ2) is 12.2. The molecular weight excluding hydrogens is 615 g/mol. The predicted octanol–water partition coefficient (Wildman–Crippen LogP) is 11.9. The molecule has 7 aromatic carbocycles. The molecule has 0 fully saturated rings. The standard InChI is InChI=1S/C45H31N3S/c1-5-15-32(16-6-1)33-25-27-35(28-26-33)44-46-43(34-17-7-2-8-18-34)47-45(48-44)36-29-30-42-40(31-36)39-23-13-14-24-41(39)49(42,37-19-9-3-10-20-37)38-21-11-4-12-22-38/h1-31H. The molecule has 9 rings (SSSR count). The number of hydrogen-bond acceptors (Lipinski definition) is 3. The normalized spacial score (nSPS) is 13.3. The van der Waals surface area contributed by atoms with Crippen molar-refractivity contribution in [3.63, 3.8) is 0 Å². The van der Waals surface area contributed by atoms with E-state index in [-0.39, 0.29) is 0 Å². The van der Waals surface area contributed by atoms with Crippen LogP contribution in [0.25, 0.3) is 56.4 Å².